The molecule has 0 fully saturated rings. The topological polar surface area (TPSA) is 114 Å². The smallest absolute Gasteiger partial charge is 0.319 e. The fourth-order valence-corrected chi connectivity index (χ4v) is 3.47. The number of aliphatic hydroxyl groups is 2. The number of hydrogen-bond acceptors (Lipinski definition) is 5. The average Bonchev–Trinajstić information content (AvgIpc) is 2.83. The standard InChI is InChI=1S/C26H31N3O4/c1-18(27-16-25(32)21-9-12-24(31)22(14-21)17-30)13-19-7-10-23(11-8-19)29-26(33)28-15-20-5-3-2-4-6-20/h2-12,14,18,25,27,30-32H,13,15-17H2,1H3,(H2,28,29,33)/t18-,25+/m1/s1. The molecule has 7 nitrogen and oxygen atoms in total. The molecule has 3 aromatic carbocycles. The Morgan fingerprint density at radius 1 is 0.970 bits per heavy atom. The van der Waals surface area contributed by atoms with Crippen LogP contribution in [-0.2, 0) is 19.6 Å². The van der Waals surface area contributed by atoms with Crippen LogP contribution in [0.1, 0.15) is 35.3 Å². The number of urea groups is 1. The van der Waals surface area contributed by atoms with Crippen molar-refractivity contribution >= 4 is 11.7 Å². The number of benzene rings is 3. The quantitative estimate of drug-likeness (QED) is 0.284. The summed E-state index contributed by atoms with van der Waals surface area (Å²) in [5.41, 5.74) is 3.88. The summed E-state index contributed by atoms with van der Waals surface area (Å²) in [4.78, 5) is 12.1. The average molecular weight is 450 g/mol. The van der Waals surface area contributed by atoms with Crippen LogP contribution in [0.2, 0.25) is 0 Å². The molecule has 7 heteroatoms. The minimum atomic E-state index is -0.751. The Hall–Kier alpha value is -3.39. The monoisotopic (exact) mass is 449 g/mol. The molecule has 2 amide bonds. The van der Waals surface area contributed by atoms with Crippen molar-refractivity contribution in [1.29, 1.82) is 0 Å². The summed E-state index contributed by atoms with van der Waals surface area (Å²) >= 11 is 0. The number of aromatic hydroxyl groups is 1. The van der Waals surface area contributed by atoms with Crippen LogP contribution in [0.15, 0.2) is 72.8 Å². The predicted molar refractivity (Wildman–Crippen MR) is 129 cm³/mol. The lowest BCUT2D eigenvalue weighted by Crippen LogP contribution is -2.32. The highest BCUT2D eigenvalue weighted by Gasteiger charge is 2.12. The molecule has 2 atom stereocenters. The van der Waals surface area contributed by atoms with Crippen LogP contribution in [-0.4, -0.2) is 33.9 Å². The first-order chi connectivity index (χ1) is 15.9. The van der Waals surface area contributed by atoms with Gasteiger partial charge in [0.25, 0.3) is 0 Å². The van der Waals surface area contributed by atoms with Gasteiger partial charge in [-0.15, -0.1) is 0 Å². The predicted octanol–water partition coefficient (Wildman–Crippen LogP) is 3.46. The zero-order valence-corrected chi connectivity index (χ0v) is 18.7. The lowest BCUT2D eigenvalue weighted by molar-refractivity contribution is 0.170. The highest BCUT2D eigenvalue weighted by atomic mass is 16.3. The Morgan fingerprint density at radius 2 is 1.70 bits per heavy atom. The maximum absolute atomic E-state index is 12.1. The van der Waals surface area contributed by atoms with Crippen LogP contribution in [0, 0.1) is 0 Å². The zero-order chi connectivity index (χ0) is 23.6. The van der Waals surface area contributed by atoms with Gasteiger partial charge < -0.3 is 31.3 Å². The van der Waals surface area contributed by atoms with E-state index >= 15 is 0 Å². The minimum absolute atomic E-state index is 0.0152. The van der Waals surface area contributed by atoms with Crippen molar-refractivity contribution in [1.82, 2.24) is 10.6 Å². The van der Waals surface area contributed by atoms with E-state index in [-0.39, 0.29) is 24.4 Å². The summed E-state index contributed by atoms with van der Waals surface area (Å²) in [6, 6.07) is 22.0. The van der Waals surface area contributed by atoms with Crippen molar-refractivity contribution in [2.45, 2.75) is 38.6 Å². The number of phenols is 1. The molecule has 6 N–H and O–H groups in total. The number of hydrogen-bond donors (Lipinski definition) is 6. The molecule has 0 aliphatic carbocycles. The summed E-state index contributed by atoms with van der Waals surface area (Å²) in [7, 11) is 0. The van der Waals surface area contributed by atoms with E-state index in [9.17, 15) is 20.1 Å². The molecule has 33 heavy (non-hydrogen) atoms. The molecule has 3 aromatic rings. The van der Waals surface area contributed by atoms with Gasteiger partial charge in [-0.3, -0.25) is 0 Å². The van der Waals surface area contributed by atoms with Crippen LogP contribution in [0.3, 0.4) is 0 Å². The number of amides is 2. The number of nitrogens with one attached hydrogen (secondary N) is 3. The van der Waals surface area contributed by atoms with E-state index in [1.54, 1.807) is 12.1 Å². The Balaban J connectivity index is 1.42. The first kappa shape index (κ1) is 24.3. The fourth-order valence-electron chi connectivity index (χ4n) is 3.47. The van der Waals surface area contributed by atoms with Crippen LogP contribution < -0.4 is 16.0 Å². The highest BCUT2D eigenvalue weighted by Crippen LogP contribution is 2.22. The first-order valence-electron chi connectivity index (χ1n) is 11.0. The van der Waals surface area contributed by atoms with E-state index in [0.717, 1.165) is 17.5 Å². The summed E-state index contributed by atoms with van der Waals surface area (Å²) in [6.45, 7) is 2.56. The van der Waals surface area contributed by atoms with Crippen molar-refractivity contribution in [3.63, 3.8) is 0 Å². The molecule has 0 spiro atoms. The molecule has 0 saturated heterocycles. The van der Waals surface area contributed by atoms with E-state index in [0.29, 0.717) is 29.9 Å². The van der Waals surface area contributed by atoms with Crippen molar-refractivity contribution in [2.24, 2.45) is 0 Å². The Labute approximate surface area is 194 Å². The number of rotatable bonds is 10. The SMILES string of the molecule is C[C@H](Cc1ccc(NC(=O)NCc2ccccc2)cc1)NC[C@H](O)c1ccc(O)c(CO)c1. The lowest BCUT2D eigenvalue weighted by atomic mass is 10.0. The first-order valence-corrected chi connectivity index (χ1v) is 11.0. The molecule has 0 saturated carbocycles. The van der Waals surface area contributed by atoms with E-state index in [2.05, 4.69) is 16.0 Å². The molecule has 174 valence electrons. The summed E-state index contributed by atoms with van der Waals surface area (Å²) in [5, 5.41) is 38.3. The normalized spacial score (nSPS) is 12.7. The van der Waals surface area contributed by atoms with Gasteiger partial charge in [-0.25, -0.2) is 4.79 Å². The number of carbonyl (C=O) groups is 1. The van der Waals surface area contributed by atoms with Crippen LogP contribution in [0.25, 0.3) is 0 Å². The van der Waals surface area contributed by atoms with Gasteiger partial charge in [-0.2, -0.15) is 0 Å². The van der Waals surface area contributed by atoms with Crippen molar-refractivity contribution in [2.75, 3.05) is 11.9 Å². The van der Waals surface area contributed by atoms with Crippen molar-refractivity contribution in [3.8, 4) is 5.75 Å². The second kappa shape index (κ2) is 12.0. The third-order valence-electron chi connectivity index (χ3n) is 5.37. The van der Waals surface area contributed by atoms with Crippen LogP contribution >= 0.6 is 0 Å². The maximum Gasteiger partial charge on any atom is 0.319 e. The molecular formula is C26H31N3O4. The highest BCUT2D eigenvalue weighted by molar-refractivity contribution is 5.89. The van der Waals surface area contributed by atoms with Gasteiger partial charge in [-0.05, 0) is 54.3 Å². The van der Waals surface area contributed by atoms with Crippen LogP contribution in [0.4, 0.5) is 10.5 Å². The number of anilines is 1. The van der Waals surface area contributed by atoms with Gasteiger partial charge in [0.1, 0.15) is 5.75 Å². The molecule has 0 aromatic heterocycles. The molecule has 0 unspecified atom stereocenters. The molecule has 0 aliphatic heterocycles. The Morgan fingerprint density at radius 3 is 2.39 bits per heavy atom. The zero-order valence-electron chi connectivity index (χ0n) is 18.7. The van der Waals surface area contributed by atoms with E-state index in [1.165, 1.54) is 6.07 Å². The Bertz CT molecular complexity index is 1030. The van der Waals surface area contributed by atoms with Gasteiger partial charge in [0.05, 0.1) is 12.7 Å². The third-order valence-corrected chi connectivity index (χ3v) is 5.37. The molecule has 0 heterocycles. The largest absolute Gasteiger partial charge is 0.508 e. The van der Waals surface area contributed by atoms with Gasteiger partial charge in [0.15, 0.2) is 0 Å². The molecule has 0 aliphatic rings. The van der Waals surface area contributed by atoms with Crippen molar-refractivity contribution < 1.29 is 20.1 Å². The van der Waals surface area contributed by atoms with E-state index in [1.807, 2.05) is 61.5 Å². The van der Waals surface area contributed by atoms with Gasteiger partial charge >= 0.3 is 6.03 Å². The Kier molecular flexibility index (Phi) is 8.83. The molecule has 3 rings (SSSR count). The third kappa shape index (κ3) is 7.61. The van der Waals surface area contributed by atoms with E-state index < -0.39 is 6.10 Å². The lowest BCUT2D eigenvalue weighted by Gasteiger charge is -2.18. The van der Waals surface area contributed by atoms with Gasteiger partial charge in [-0.1, -0.05) is 48.5 Å². The van der Waals surface area contributed by atoms with Gasteiger partial charge in [0.2, 0.25) is 0 Å². The van der Waals surface area contributed by atoms with E-state index in [4.69, 9.17) is 0 Å². The summed E-state index contributed by atoms with van der Waals surface area (Å²) in [6.07, 6.45) is 0.00401. The minimum Gasteiger partial charge on any atom is -0.508 e. The number of aliphatic hydroxyl groups excluding tert-OH is 2. The van der Waals surface area contributed by atoms with Gasteiger partial charge in [0, 0.05) is 30.4 Å². The summed E-state index contributed by atoms with van der Waals surface area (Å²) < 4.78 is 0. The second-order valence-electron chi connectivity index (χ2n) is 8.07. The molecular weight excluding hydrogens is 418 g/mol. The second-order valence-corrected chi connectivity index (χ2v) is 8.07. The molecule has 0 bridgehead atoms. The molecule has 0 radical (unpaired) electrons. The fraction of sp³-hybridized carbons (Fsp3) is 0.269. The maximum atomic E-state index is 12.1. The number of carbonyl (C=O) groups excluding carboxylic acids is 1. The summed E-state index contributed by atoms with van der Waals surface area (Å²) in [5.74, 6) is 0.0152. The van der Waals surface area contributed by atoms with Crippen molar-refractivity contribution in [3.05, 3.63) is 95.1 Å². The van der Waals surface area contributed by atoms with Crippen LogP contribution in [0.5, 0.6) is 5.75 Å².